The van der Waals surface area contributed by atoms with Gasteiger partial charge in [-0.15, -0.1) is 10.2 Å². The summed E-state index contributed by atoms with van der Waals surface area (Å²) >= 11 is 7.56. The van der Waals surface area contributed by atoms with Crippen molar-refractivity contribution in [3.05, 3.63) is 101 Å². The Bertz CT molecular complexity index is 1180. The van der Waals surface area contributed by atoms with Gasteiger partial charge in [-0.3, -0.25) is 9.36 Å². The van der Waals surface area contributed by atoms with Crippen molar-refractivity contribution < 1.29 is 9.53 Å². The minimum atomic E-state index is -0.189. The van der Waals surface area contributed by atoms with Crippen LogP contribution in [0.15, 0.2) is 84.0 Å². The summed E-state index contributed by atoms with van der Waals surface area (Å²) in [4.78, 5) is 12.6. The first-order valence-corrected chi connectivity index (χ1v) is 11.3. The second-order valence-corrected chi connectivity index (χ2v) is 8.28. The van der Waals surface area contributed by atoms with E-state index < -0.39 is 0 Å². The van der Waals surface area contributed by atoms with Crippen molar-refractivity contribution >= 4 is 29.3 Å². The normalized spacial score (nSPS) is 10.7. The van der Waals surface area contributed by atoms with Gasteiger partial charge in [-0.2, -0.15) is 0 Å². The maximum Gasteiger partial charge on any atom is 0.251 e. The minimum absolute atomic E-state index is 0.189. The van der Waals surface area contributed by atoms with E-state index in [9.17, 15) is 4.79 Å². The number of rotatable bonds is 8. The number of benzene rings is 3. The highest BCUT2D eigenvalue weighted by molar-refractivity contribution is 7.98. The fourth-order valence-electron chi connectivity index (χ4n) is 3.08. The molecule has 3 aromatic carbocycles. The van der Waals surface area contributed by atoms with Crippen molar-refractivity contribution in [2.75, 3.05) is 7.11 Å². The lowest BCUT2D eigenvalue weighted by molar-refractivity contribution is 0.0949. The molecule has 0 aliphatic heterocycles. The first-order chi connectivity index (χ1) is 15.6. The topological polar surface area (TPSA) is 69.0 Å². The van der Waals surface area contributed by atoms with Crippen LogP contribution in [-0.4, -0.2) is 27.8 Å². The number of hydrogen-bond acceptors (Lipinski definition) is 5. The Labute approximate surface area is 195 Å². The number of carbonyl (C=O) groups excluding carboxylic acids is 1. The predicted molar refractivity (Wildman–Crippen MR) is 127 cm³/mol. The van der Waals surface area contributed by atoms with Gasteiger partial charge in [0.05, 0.1) is 13.7 Å². The first-order valence-electron chi connectivity index (χ1n) is 9.93. The van der Waals surface area contributed by atoms with E-state index >= 15 is 0 Å². The van der Waals surface area contributed by atoms with Crippen molar-refractivity contribution in [2.24, 2.45) is 0 Å². The molecule has 0 radical (unpaired) electrons. The Morgan fingerprint density at radius 1 is 1.00 bits per heavy atom. The van der Waals surface area contributed by atoms with E-state index in [-0.39, 0.29) is 12.5 Å². The van der Waals surface area contributed by atoms with E-state index in [0.717, 1.165) is 22.2 Å². The third kappa shape index (κ3) is 5.30. The molecule has 0 aliphatic carbocycles. The zero-order chi connectivity index (χ0) is 22.3. The molecule has 0 atom stereocenters. The van der Waals surface area contributed by atoms with Gasteiger partial charge in [-0.25, -0.2) is 0 Å². The summed E-state index contributed by atoms with van der Waals surface area (Å²) in [5, 5.41) is 13.1. The van der Waals surface area contributed by atoms with E-state index in [1.54, 1.807) is 43.1 Å². The molecule has 1 aromatic heterocycles. The monoisotopic (exact) mass is 464 g/mol. The van der Waals surface area contributed by atoms with Crippen LogP contribution >= 0.6 is 23.4 Å². The number of methoxy groups -OCH3 is 1. The molecule has 0 aliphatic rings. The Kier molecular flexibility index (Phi) is 7.09. The molecular formula is C24H21ClN4O2S. The molecule has 0 bridgehead atoms. The largest absolute Gasteiger partial charge is 0.497 e. The van der Waals surface area contributed by atoms with Gasteiger partial charge in [0, 0.05) is 22.0 Å². The number of halogens is 1. The van der Waals surface area contributed by atoms with Crippen LogP contribution < -0.4 is 10.1 Å². The van der Waals surface area contributed by atoms with Crippen molar-refractivity contribution in [3.63, 3.8) is 0 Å². The number of hydrogen-bond donors (Lipinski definition) is 1. The molecule has 1 heterocycles. The molecule has 4 aromatic rings. The number of aromatic nitrogens is 3. The molecule has 162 valence electrons. The van der Waals surface area contributed by atoms with Gasteiger partial charge in [-0.05, 0) is 54.1 Å². The Hall–Kier alpha value is -3.29. The number of nitrogens with one attached hydrogen (secondary N) is 1. The molecule has 0 unspecified atom stereocenters. The van der Waals surface area contributed by atoms with E-state index in [2.05, 4.69) is 15.5 Å². The summed E-state index contributed by atoms with van der Waals surface area (Å²) < 4.78 is 7.11. The van der Waals surface area contributed by atoms with Gasteiger partial charge < -0.3 is 10.1 Å². The highest BCUT2D eigenvalue weighted by Crippen LogP contribution is 2.26. The maximum atomic E-state index is 12.6. The quantitative estimate of drug-likeness (QED) is 0.365. The smallest absolute Gasteiger partial charge is 0.251 e. The first kappa shape index (κ1) is 21.9. The van der Waals surface area contributed by atoms with E-state index in [1.807, 2.05) is 59.2 Å². The van der Waals surface area contributed by atoms with Crippen LogP contribution in [0.25, 0.3) is 5.69 Å². The average molecular weight is 465 g/mol. The molecule has 0 saturated carbocycles. The van der Waals surface area contributed by atoms with Gasteiger partial charge >= 0.3 is 0 Å². The molecule has 0 saturated heterocycles. The molecule has 0 spiro atoms. The van der Waals surface area contributed by atoms with E-state index in [1.165, 1.54) is 0 Å². The van der Waals surface area contributed by atoms with E-state index in [0.29, 0.717) is 22.2 Å². The molecule has 6 nitrogen and oxygen atoms in total. The summed E-state index contributed by atoms with van der Waals surface area (Å²) in [5.41, 5.74) is 2.62. The zero-order valence-corrected chi connectivity index (χ0v) is 18.9. The second kappa shape index (κ2) is 10.3. The molecule has 4 rings (SSSR count). The summed E-state index contributed by atoms with van der Waals surface area (Å²) in [5.74, 6) is 1.88. The summed E-state index contributed by atoms with van der Waals surface area (Å²) in [6.45, 7) is 0.244. The fraction of sp³-hybridized carbons (Fsp3) is 0.125. The molecular weight excluding hydrogens is 444 g/mol. The molecule has 1 N–H and O–H groups in total. The fourth-order valence-corrected chi connectivity index (χ4v) is 4.13. The van der Waals surface area contributed by atoms with Crippen molar-refractivity contribution in [2.45, 2.75) is 17.5 Å². The van der Waals surface area contributed by atoms with Gasteiger partial charge in [0.1, 0.15) is 5.75 Å². The van der Waals surface area contributed by atoms with E-state index in [4.69, 9.17) is 16.3 Å². The van der Waals surface area contributed by atoms with Crippen molar-refractivity contribution in [3.8, 4) is 11.4 Å². The number of thioether (sulfide) groups is 1. The minimum Gasteiger partial charge on any atom is -0.497 e. The summed E-state index contributed by atoms with van der Waals surface area (Å²) in [6.07, 6.45) is 0. The molecule has 0 fully saturated rings. The number of nitrogens with zero attached hydrogens (tertiary/aromatic N) is 3. The number of amides is 1. The van der Waals surface area contributed by atoms with Crippen LogP contribution in [0.4, 0.5) is 0 Å². The molecule has 1 amide bonds. The van der Waals surface area contributed by atoms with Gasteiger partial charge in [0.25, 0.3) is 5.91 Å². The highest BCUT2D eigenvalue weighted by Gasteiger charge is 2.16. The van der Waals surface area contributed by atoms with Crippen molar-refractivity contribution in [1.29, 1.82) is 0 Å². The third-order valence-corrected chi connectivity index (χ3v) is 6.01. The van der Waals surface area contributed by atoms with Crippen LogP contribution in [0, 0.1) is 0 Å². The third-order valence-electron chi connectivity index (χ3n) is 4.76. The summed E-state index contributed by atoms with van der Waals surface area (Å²) in [6, 6.07) is 24.6. The molecule has 32 heavy (non-hydrogen) atoms. The van der Waals surface area contributed by atoms with Crippen LogP contribution in [-0.2, 0) is 12.3 Å². The average Bonchev–Trinajstić information content (AvgIpc) is 3.25. The van der Waals surface area contributed by atoms with Crippen LogP contribution in [0.5, 0.6) is 5.75 Å². The Morgan fingerprint density at radius 2 is 1.72 bits per heavy atom. The predicted octanol–water partition coefficient (Wildman–Crippen LogP) is 5.15. The van der Waals surface area contributed by atoms with Gasteiger partial charge in [0.2, 0.25) is 0 Å². The SMILES string of the molecule is COc1ccc(C(=O)NCc2nnc(SCc3ccc(Cl)cc3)n2-c2ccccc2)cc1. The van der Waals surface area contributed by atoms with Crippen LogP contribution in [0.3, 0.4) is 0 Å². The second-order valence-electron chi connectivity index (χ2n) is 6.90. The highest BCUT2D eigenvalue weighted by atomic mass is 35.5. The Balaban J connectivity index is 1.52. The Morgan fingerprint density at radius 3 is 2.41 bits per heavy atom. The standard InChI is InChI=1S/C24H21ClN4O2S/c1-31-21-13-9-18(10-14-21)23(30)26-15-22-27-28-24(29(22)20-5-3-2-4-6-20)32-16-17-7-11-19(25)12-8-17/h2-14H,15-16H2,1H3,(H,26,30). The van der Waals surface area contributed by atoms with Crippen molar-refractivity contribution in [1.82, 2.24) is 20.1 Å². The van der Waals surface area contributed by atoms with Gasteiger partial charge in [-0.1, -0.05) is 53.7 Å². The summed E-state index contributed by atoms with van der Waals surface area (Å²) in [7, 11) is 1.59. The number of para-hydroxylation sites is 1. The number of ether oxygens (including phenoxy) is 1. The van der Waals surface area contributed by atoms with Gasteiger partial charge in [0.15, 0.2) is 11.0 Å². The van der Waals surface area contributed by atoms with Crippen LogP contribution in [0.1, 0.15) is 21.7 Å². The number of carbonyl (C=O) groups is 1. The lowest BCUT2D eigenvalue weighted by Crippen LogP contribution is -2.24. The lowest BCUT2D eigenvalue weighted by Gasteiger charge is -2.11. The lowest BCUT2D eigenvalue weighted by atomic mass is 10.2. The maximum absolute atomic E-state index is 12.6. The van der Waals surface area contributed by atoms with Crippen LogP contribution in [0.2, 0.25) is 5.02 Å². The molecule has 8 heteroatoms. The zero-order valence-electron chi connectivity index (χ0n) is 17.4.